The van der Waals surface area contributed by atoms with E-state index in [2.05, 4.69) is 0 Å². The Morgan fingerprint density at radius 1 is 1.71 bits per heavy atom. The zero-order chi connectivity index (χ0) is 17.0. The summed E-state index contributed by atoms with van der Waals surface area (Å²) in [5, 5.41) is 9.79. The molecule has 1 atom stereocenters. The maximum Gasteiger partial charge on any atom is 0.0603 e. The van der Waals surface area contributed by atoms with E-state index in [1.807, 2.05) is 0 Å². The molecule has 1 heteroatoms. The molecule has 0 aliphatic carbocycles. The fourth-order valence-corrected chi connectivity index (χ4v) is 0. The van der Waals surface area contributed by atoms with Crippen LogP contribution >= 0.6 is 0 Å². The van der Waals surface area contributed by atoms with Gasteiger partial charge in [0, 0.05) is 16.4 Å². The highest BCUT2D eigenvalue weighted by Crippen LogP contribution is 2.17. The van der Waals surface area contributed by atoms with Crippen LogP contribution in [0.1, 0.15) is 45.2 Å². The first kappa shape index (κ1) is 0.688. The lowest BCUT2D eigenvalue weighted by Gasteiger charge is -2.21. The van der Waals surface area contributed by atoms with Crippen molar-refractivity contribution in [2.24, 2.45) is 5.41 Å². The van der Waals surface area contributed by atoms with Crippen molar-refractivity contribution in [3.8, 4) is 0 Å². The molecule has 0 heterocycles. The Kier molecular flexibility index (Phi) is 0.179. The average Bonchev–Trinajstić information content (AvgIpc) is 1.89. The van der Waals surface area contributed by atoms with E-state index in [1.165, 1.54) is 0 Å². The second-order valence-corrected chi connectivity index (χ2v) is 1.10. The number of hydrogen-bond donors (Lipinski definition) is 1. The van der Waals surface area contributed by atoms with Crippen molar-refractivity contribution in [3.05, 3.63) is 0 Å². The molecule has 0 fully saturated rings. The Morgan fingerprint density at radius 2 is 2.29 bits per heavy atom. The molecule has 0 aliphatic rings. The Balaban J connectivity index is 6.83. The molecule has 7 heavy (non-hydrogen) atoms. The van der Waals surface area contributed by atoms with Crippen LogP contribution in [-0.4, -0.2) is 11.2 Å². The zero-order valence-electron chi connectivity index (χ0n) is 16.4. The van der Waals surface area contributed by atoms with Gasteiger partial charge >= 0.3 is 0 Å². The second kappa shape index (κ2) is 1.83. The standard InChI is InChI=1S/C6H14O/c1-5(7)6(2,3)4/h5,7H,1-4H3/i1D3,2D3,3D3,4D3,5D. The van der Waals surface area contributed by atoms with E-state index in [9.17, 15) is 5.11 Å². The molecule has 1 nitrogen and oxygen atoms in total. The van der Waals surface area contributed by atoms with Gasteiger partial charge < -0.3 is 5.11 Å². The molecule has 0 aromatic rings. The van der Waals surface area contributed by atoms with Crippen LogP contribution in [0.2, 0.25) is 0 Å². The SMILES string of the molecule is [2H]C([2H])([2H])C([2H])(O)C(C([2H])([2H])[2H])(C([2H])([2H])[2H])C([2H])([2H])[2H]. The molecule has 0 bridgehead atoms. The molecule has 0 amide bonds. The van der Waals surface area contributed by atoms with Crippen LogP contribution in [0.4, 0.5) is 0 Å². The third-order valence-corrected chi connectivity index (χ3v) is 0.355. The van der Waals surface area contributed by atoms with Gasteiger partial charge in [0.05, 0.1) is 7.45 Å². The summed E-state index contributed by atoms with van der Waals surface area (Å²) in [6, 6.07) is 0. The molecule has 0 aromatic carbocycles. The fourth-order valence-electron chi connectivity index (χ4n) is 0. The van der Waals surface area contributed by atoms with Crippen LogP contribution in [0.5, 0.6) is 0 Å². The van der Waals surface area contributed by atoms with Gasteiger partial charge in [0.1, 0.15) is 0 Å². The minimum atomic E-state index is -4.23. The molecule has 0 spiro atoms. The van der Waals surface area contributed by atoms with Crippen molar-refractivity contribution < 1.29 is 22.9 Å². The van der Waals surface area contributed by atoms with E-state index in [1.54, 1.807) is 0 Å². The summed E-state index contributed by atoms with van der Waals surface area (Å²) in [7, 11) is 0. The zero-order valence-corrected chi connectivity index (χ0v) is 3.45. The summed E-state index contributed by atoms with van der Waals surface area (Å²) in [5.41, 5.74) is -4.15. The predicted molar refractivity (Wildman–Crippen MR) is 31.1 cm³/mol. The van der Waals surface area contributed by atoms with Crippen LogP contribution < -0.4 is 0 Å². The Hall–Kier alpha value is -0.0400. The molecular weight excluding hydrogens is 88.1 g/mol. The summed E-state index contributed by atoms with van der Waals surface area (Å²) in [6.07, 6.45) is -4.23. The maximum absolute atomic E-state index is 9.79. The topological polar surface area (TPSA) is 20.2 Å². The van der Waals surface area contributed by atoms with Gasteiger partial charge in [0.15, 0.2) is 0 Å². The summed E-state index contributed by atoms with van der Waals surface area (Å²) in [4.78, 5) is 0. The molecule has 0 aliphatic heterocycles. The van der Waals surface area contributed by atoms with Crippen molar-refractivity contribution in [2.45, 2.75) is 33.5 Å². The van der Waals surface area contributed by atoms with Gasteiger partial charge in [-0.2, -0.15) is 0 Å². The molecule has 1 N–H and O–H groups in total. The molecular formula is C6H14O. The van der Waals surface area contributed by atoms with Crippen LogP contribution in [-0.2, 0) is 0 Å². The summed E-state index contributed by atoms with van der Waals surface area (Å²) in [6.45, 7) is -15.7. The lowest BCUT2D eigenvalue weighted by Crippen LogP contribution is -2.21. The van der Waals surface area contributed by atoms with Crippen LogP contribution in [0, 0.1) is 5.41 Å². The third kappa shape index (κ3) is 2.63. The minimum Gasteiger partial charge on any atom is -0.393 e. The van der Waals surface area contributed by atoms with Gasteiger partial charge in [-0.15, -0.1) is 0 Å². The highest BCUT2D eigenvalue weighted by Gasteiger charge is 2.15. The van der Waals surface area contributed by atoms with Crippen molar-refractivity contribution >= 4 is 0 Å². The van der Waals surface area contributed by atoms with E-state index in [-0.39, 0.29) is 0 Å². The normalized spacial score (nSPS) is 55.9. The lowest BCUT2D eigenvalue weighted by molar-refractivity contribution is 0.0801. The smallest absolute Gasteiger partial charge is 0.0603 e. The monoisotopic (exact) mass is 115 g/mol. The van der Waals surface area contributed by atoms with Crippen LogP contribution in [0.15, 0.2) is 0 Å². The van der Waals surface area contributed by atoms with E-state index in [0.717, 1.165) is 0 Å². The van der Waals surface area contributed by atoms with Crippen LogP contribution in [0.25, 0.3) is 0 Å². The van der Waals surface area contributed by atoms with E-state index < -0.39 is 38.9 Å². The molecule has 0 saturated heterocycles. The van der Waals surface area contributed by atoms with Crippen LogP contribution in [0.3, 0.4) is 0 Å². The van der Waals surface area contributed by atoms with Crippen molar-refractivity contribution in [1.29, 1.82) is 0 Å². The van der Waals surface area contributed by atoms with Gasteiger partial charge in [-0.25, -0.2) is 0 Å². The lowest BCUT2D eigenvalue weighted by atomic mass is 9.91. The second-order valence-electron chi connectivity index (χ2n) is 1.10. The maximum atomic E-state index is 9.79. The summed E-state index contributed by atoms with van der Waals surface area (Å²) >= 11 is 0. The van der Waals surface area contributed by atoms with Gasteiger partial charge in [-0.3, -0.25) is 0 Å². The largest absolute Gasteiger partial charge is 0.393 e. The van der Waals surface area contributed by atoms with Crippen molar-refractivity contribution in [2.75, 3.05) is 0 Å². The molecule has 0 rings (SSSR count). The van der Waals surface area contributed by atoms with Crippen molar-refractivity contribution in [1.82, 2.24) is 0 Å². The first-order chi connectivity index (χ1) is 8.25. The van der Waals surface area contributed by atoms with E-state index in [0.29, 0.717) is 0 Å². The minimum absolute atomic E-state index is 3.86. The fraction of sp³-hybridized carbons (Fsp3) is 1.00. The van der Waals surface area contributed by atoms with Gasteiger partial charge in [0.2, 0.25) is 0 Å². The highest BCUT2D eigenvalue weighted by molar-refractivity contribution is 4.66. The first-order valence-corrected chi connectivity index (χ1v) is 1.47. The molecule has 44 valence electrons. The number of aliphatic hydroxyl groups is 1. The average molecular weight is 115 g/mol. The van der Waals surface area contributed by atoms with E-state index >= 15 is 0 Å². The summed E-state index contributed by atoms with van der Waals surface area (Å²) < 4.78 is 92.8. The molecule has 0 aromatic heterocycles. The Labute approximate surface area is 63.6 Å². The molecule has 0 radical (unpaired) electrons. The molecule has 1 unspecified atom stereocenters. The third-order valence-electron chi connectivity index (χ3n) is 0.355. The first-order valence-electron chi connectivity index (χ1n) is 7.97. The Morgan fingerprint density at radius 3 is 2.43 bits per heavy atom. The number of rotatable bonds is 0. The van der Waals surface area contributed by atoms with Gasteiger partial charge in [-0.05, 0) is 12.3 Å². The quantitative estimate of drug-likeness (QED) is 0.506. The predicted octanol–water partition coefficient (Wildman–Crippen LogP) is 1.41. The van der Waals surface area contributed by atoms with Gasteiger partial charge in [0.25, 0.3) is 0 Å². The van der Waals surface area contributed by atoms with Gasteiger partial charge in [-0.1, -0.05) is 20.6 Å². The number of hydrogen-bond acceptors (Lipinski definition) is 1. The Bertz CT molecular complexity index is 315. The van der Waals surface area contributed by atoms with Crippen molar-refractivity contribution in [3.63, 3.8) is 0 Å². The highest BCUT2D eigenvalue weighted by atomic mass is 16.3. The molecule has 0 saturated carbocycles. The summed E-state index contributed by atoms with van der Waals surface area (Å²) in [5.74, 6) is 0. The van der Waals surface area contributed by atoms with E-state index in [4.69, 9.17) is 17.8 Å².